The SMILES string of the molecule is CC(=O)OCC1CN(C(=O)c2ccc3c(Cl)c4c(nc3c2)CCCC4)CCN1. The molecule has 7 heteroatoms. The highest BCUT2D eigenvalue weighted by Gasteiger charge is 2.25. The van der Waals surface area contributed by atoms with Crippen molar-refractivity contribution in [2.45, 2.75) is 38.6 Å². The average molecular weight is 402 g/mol. The van der Waals surface area contributed by atoms with Gasteiger partial charge in [-0.1, -0.05) is 17.7 Å². The maximum atomic E-state index is 13.0. The molecule has 2 heterocycles. The molecule has 0 spiro atoms. The number of benzene rings is 1. The monoisotopic (exact) mass is 401 g/mol. The third kappa shape index (κ3) is 3.84. The minimum Gasteiger partial charge on any atom is -0.464 e. The maximum absolute atomic E-state index is 13.0. The van der Waals surface area contributed by atoms with Gasteiger partial charge in [-0.3, -0.25) is 14.6 Å². The highest BCUT2D eigenvalue weighted by molar-refractivity contribution is 6.36. The van der Waals surface area contributed by atoms with Crippen molar-refractivity contribution in [2.24, 2.45) is 0 Å². The van der Waals surface area contributed by atoms with Crippen LogP contribution in [0.5, 0.6) is 0 Å². The van der Waals surface area contributed by atoms with Gasteiger partial charge in [0.05, 0.1) is 16.6 Å². The largest absolute Gasteiger partial charge is 0.464 e. The summed E-state index contributed by atoms with van der Waals surface area (Å²) in [6.45, 7) is 3.44. The number of hydrogen-bond acceptors (Lipinski definition) is 5. The van der Waals surface area contributed by atoms with E-state index in [-0.39, 0.29) is 24.5 Å². The van der Waals surface area contributed by atoms with Crippen LogP contribution in [0.1, 0.15) is 41.4 Å². The number of ether oxygens (including phenoxy) is 1. The third-order valence-electron chi connectivity index (χ3n) is 5.47. The number of nitrogens with one attached hydrogen (secondary N) is 1. The number of amides is 1. The van der Waals surface area contributed by atoms with Crippen molar-refractivity contribution in [3.8, 4) is 0 Å². The standard InChI is InChI=1S/C21H24ClN3O3/c1-13(26)28-12-15-11-25(9-8-23-15)21(27)14-6-7-17-19(10-14)24-18-5-3-2-4-16(18)20(17)22/h6-7,10,15,23H,2-5,8-9,11-12H2,1H3. The topological polar surface area (TPSA) is 71.5 Å². The van der Waals surface area contributed by atoms with E-state index in [1.165, 1.54) is 6.92 Å². The number of aryl methyl sites for hydroxylation is 1. The second kappa shape index (κ2) is 8.05. The van der Waals surface area contributed by atoms with Crippen molar-refractivity contribution < 1.29 is 14.3 Å². The molecule has 4 rings (SSSR count). The van der Waals surface area contributed by atoms with Crippen molar-refractivity contribution in [3.05, 3.63) is 40.0 Å². The van der Waals surface area contributed by atoms with Crippen LogP contribution in [0.25, 0.3) is 10.9 Å². The molecule has 6 nitrogen and oxygen atoms in total. The number of fused-ring (bicyclic) bond motifs is 2. The normalized spacial score (nSPS) is 19.4. The molecule has 1 aromatic carbocycles. The van der Waals surface area contributed by atoms with E-state index in [1.807, 2.05) is 18.2 Å². The summed E-state index contributed by atoms with van der Waals surface area (Å²) >= 11 is 6.63. The predicted molar refractivity (Wildman–Crippen MR) is 108 cm³/mol. The number of piperazine rings is 1. The first-order valence-electron chi connectivity index (χ1n) is 9.80. The number of carbonyl (C=O) groups is 2. The first-order valence-corrected chi connectivity index (χ1v) is 10.2. The summed E-state index contributed by atoms with van der Waals surface area (Å²) < 4.78 is 5.07. The van der Waals surface area contributed by atoms with Gasteiger partial charge in [0.15, 0.2) is 0 Å². The zero-order valence-corrected chi connectivity index (χ0v) is 16.7. The number of halogens is 1. The van der Waals surface area contributed by atoms with Gasteiger partial charge in [0.25, 0.3) is 5.91 Å². The van der Waals surface area contributed by atoms with E-state index in [0.717, 1.165) is 52.9 Å². The van der Waals surface area contributed by atoms with E-state index in [9.17, 15) is 9.59 Å². The molecule has 1 aliphatic heterocycles. The molecular formula is C21H24ClN3O3. The molecule has 28 heavy (non-hydrogen) atoms. The molecule has 2 aliphatic rings. The minimum absolute atomic E-state index is 0.0353. The Hall–Kier alpha value is -2.18. The van der Waals surface area contributed by atoms with E-state index < -0.39 is 0 Å². The van der Waals surface area contributed by atoms with Gasteiger partial charge in [-0.25, -0.2) is 0 Å². The number of esters is 1. The number of pyridine rings is 1. The van der Waals surface area contributed by atoms with Crippen LogP contribution < -0.4 is 5.32 Å². The smallest absolute Gasteiger partial charge is 0.302 e. The lowest BCUT2D eigenvalue weighted by molar-refractivity contribution is -0.141. The van der Waals surface area contributed by atoms with E-state index in [2.05, 4.69) is 5.32 Å². The average Bonchev–Trinajstić information content (AvgIpc) is 2.72. The van der Waals surface area contributed by atoms with Crippen LogP contribution in [0.15, 0.2) is 18.2 Å². The summed E-state index contributed by atoms with van der Waals surface area (Å²) in [6, 6.07) is 5.53. The van der Waals surface area contributed by atoms with Crippen molar-refractivity contribution in [1.82, 2.24) is 15.2 Å². The molecule has 1 amide bonds. The first-order chi connectivity index (χ1) is 13.5. The zero-order valence-electron chi connectivity index (χ0n) is 16.0. The Morgan fingerprint density at radius 3 is 2.96 bits per heavy atom. The van der Waals surface area contributed by atoms with Gasteiger partial charge in [0, 0.05) is 43.2 Å². The highest BCUT2D eigenvalue weighted by atomic mass is 35.5. The van der Waals surface area contributed by atoms with Crippen molar-refractivity contribution >= 4 is 34.4 Å². The zero-order chi connectivity index (χ0) is 19.7. The van der Waals surface area contributed by atoms with Crippen molar-refractivity contribution in [1.29, 1.82) is 0 Å². The highest BCUT2D eigenvalue weighted by Crippen LogP contribution is 2.33. The molecule has 1 saturated heterocycles. The molecule has 1 aliphatic carbocycles. The van der Waals surface area contributed by atoms with Crippen LogP contribution in [0, 0.1) is 0 Å². The molecule has 1 aromatic heterocycles. The van der Waals surface area contributed by atoms with Crippen molar-refractivity contribution in [2.75, 3.05) is 26.2 Å². The number of aromatic nitrogens is 1. The minimum atomic E-state index is -0.314. The second-order valence-corrected chi connectivity index (χ2v) is 7.87. The van der Waals surface area contributed by atoms with Crippen LogP contribution in [-0.2, 0) is 22.4 Å². The number of nitrogens with zero attached hydrogens (tertiary/aromatic N) is 2. The van der Waals surface area contributed by atoms with Crippen LogP contribution in [-0.4, -0.2) is 54.0 Å². The Morgan fingerprint density at radius 2 is 2.14 bits per heavy atom. The van der Waals surface area contributed by atoms with Gasteiger partial charge in [-0.05, 0) is 43.4 Å². The Kier molecular flexibility index (Phi) is 5.51. The molecule has 1 N–H and O–H groups in total. The first kappa shape index (κ1) is 19.2. The Balaban J connectivity index is 1.56. The molecule has 0 bridgehead atoms. The van der Waals surface area contributed by atoms with E-state index in [0.29, 0.717) is 25.2 Å². The molecule has 0 radical (unpaired) electrons. The van der Waals surface area contributed by atoms with Gasteiger partial charge >= 0.3 is 5.97 Å². The molecule has 2 aromatic rings. The van der Waals surface area contributed by atoms with Crippen molar-refractivity contribution in [3.63, 3.8) is 0 Å². The molecular weight excluding hydrogens is 378 g/mol. The summed E-state index contributed by atoms with van der Waals surface area (Å²) in [7, 11) is 0. The van der Waals surface area contributed by atoms with E-state index in [1.54, 1.807) is 4.90 Å². The third-order valence-corrected chi connectivity index (χ3v) is 5.90. The van der Waals surface area contributed by atoms with Crippen LogP contribution >= 0.6 is 11.6 Å². The molecule has 1 unspecified atom stereocenters. The number of rotatable bonds is 3. The van der Waals surface area contributed by atoms with Crippen LogP contribution in [0.3, 0.4) is 0 Å². The van der Waals surface area contributed by atoms with Crippen LogP contribution in [0.2, 0.25) is 5.02 Å². The quantitative estimate of drug-likeness (QED) is 0.801. The van der Waals surface area contributed by atoms with E-state index >= 15 is 0 Å². The predicted octanol–water partition coefficient (Wildman–Crippen LogP) is 2.74. The number of carbonyl (C=O) groups excluding carboxylic acids is 2. The van der Waals surface area contributed by atoms with Gasteiger partial charge in [0.1, 0.15) is 6.61 Å². The number of hydrogen-bond donors (Lipinski definition) is 1. The summed E-state index contributed by atoms with van der Waals surface area (Å²) in [5.41, 5.74) is 3.62. The van der Waals surface area contributed by atoms with Crippen LogP contribution in [0.4, 0.5) is 0 Å². The Bertz CT molecular complexity index is 931. The summed E-state index contributed by atoms with van der Waals surface area (Å²) in [5.74, 6) is -0.349. The van der Waals surface area contributed by atoms with E-state index in [4.69, 9.17) is 21.3 Å². The molecule has 0 saturated carbocycles. The molecule has 1 fully saturated rings. The summed E-state index contributed by atoms with van der Waals surface area (Å²) in [5, 5.41) is 4.97. The lowest BCUT2D eigenvalue weighted by atomic mass is 9.94. The lowest BCUT2D eigenvalue weighted by Crippen LogP contribution is -2.54. The Morgan fingerprint density at radius 1 is 1.32 bits per heavy atom. The Labute approximate surface area is 169 Å². The van der Waals surface area contributed by atoms with Gasteiger partial charge in [-0.2, -0.15) is 0 Å². The summed E-state index contributed by atoms with van der Waals surface area (Å²) in [6.07, 6.45) is 4.19. The fraction of sp³-hybridized carbons (Fsp3) is 0.476. The second-order valence-electron chi connectivity index (χ2n) is 7.49. The fourth-order valence-electron chi connectivity index (χ4n) is 4.02. The molecule has 148 valence electrons. The van der Waals surface area contributed by atoms with Gasteiger partial charge < -0.3 is 15.0 Å². The van der Waals surface area contributed by atoms with Gasteiger partial charge in [0.2, 0.25) is 0 Å². The molecule has 1 atom stereocenters. The maximum Gasteiger partial charge on any atom is 0.302 e. The summed E-state index contributed by atoms with van der Waals surface area (Å²) in [4.78, 5) is 30.7. The van der Waals surface area contributed by atoms with Gasteiger partial charge in [-0.15, -0.1) is 0 Å². The fourth-order valence-corrected chi connectivity index (χ4v) is 4.39. The lowest BCUT2D eigenvalue weighted by Gasteiger charge is -2.33.